The van der Waals surface area contributed by atoms with Gasteiger partial charge in [-0.3, -0.25) is 0 Å². The number of likely N-dealkylation sites (tertiary alicyclic amines) is 1. The van der Waals surface area contributed by atoms with Crippen molar-refractivity contribution in [2.45, 2.75) is 25.3 Å². The first-order valence-electron chi connectivity index (χ1n) is 10.4. The van der Waals surface area contributed by atoms with E-state index < -0.39 is 0 Å². The van der Waals surface area contributed by atoms with Gasteiger partial charge in [0.25, 0.3) is 0 Å². The Morgan fingerprint density at radius 1 is 1.21 bits per heavy atom. The highest BCUT2D eigenvalue weighted by atomic mass is 35.5. The number of aromatic amines is 1. The molecule has 7 nitrogen and oxygen atoms in total. The first-order valence-corrected chi connectivity index (χ1v) is 10.8. The number of piperidine rings is 1. The minimum Gasteiger partial charge on any atom is -0.350 e. The molecule has 2 aliphatic rings. The fourth-order valence-corrected chi connectivity index (χ4v) is 4.70. The van der Waals surface area contributed by atoms with Gasteiger partial charge in [-0.15, -0.1) is 0 Å². The van der Waals surface area contributed by atoms with E-state index in [1.807, 2.05) is 18.3 Å². The number of anilines is 1. The molecule has 0 spiro atoms. The normalized spacial score (nSPS) is 21.1. The summed E-state index contributed by atoms with van der Waals surface area (Å²) in [6.45, 7) is 5.70. The number of halogens is 1. The van der Waals surface area contributed by atoms with Gasteiger partial charge in [0.15, 0.2) is 0 Å². The predicted molar refractivity (Wildman–Crippen MR) is 116 cm³/mol. The van der Waals surface area contributed by atoms with Gasteiger partial charge < -0.3 is 20.5 Å². The standard InChI is InChI=1S/C21H26ClN7/c22-18-11-26-21(28-19(18)17-10-25-20-16(17)2-1-6-24-20)27-15-5-9-29(13-15)12-14-3-7-23-8-4-14/h1-2,6,10-11,14-15,23H,3-5,7-9,12-13H2,(H,24,25)(H,26,27,28)/t15-/m1/s1. The minimum absolute atomic E-state index is 0.371. The van der Waals surface area contributed by atoms with Gasteiger partial charge in [0, 0.05) is 49.0 Å². The Morgan fingerprint density at radius 3 is 3.00 bits per heavy atom. The molecule has 5 heterocycles. The van der Waals surface area contributed by atoms with E-state index in [1.54, 1.807) is 12.4 Å². The van der Waals surface area contributed by atoms with Crippen LogP contribution in [0.2, 0.25) is 5.02 Å². The van der Waals surface area contributed by atoms with Crippen molar-refractivity contribution in [3.8, 4) is 11.3 Å². The molecule has 3 aromatic heterocycles. The molecule has 2 fully saturated rings. The predicted octanol–water partition coefficient (Wildman–Crippen LogP) is 3.16. The SMILES string of the molecule is Clc1cnc(N[C@@H]2CCN(CC3CCNCC3)C2)nc1-c1c[nH]c2ncccc12. The van der Waals surface area contributed by atoms with Crippen LogP contribution < -0.4 is 10.6 Å². The summed E-state index contributed by atoms with van der Waals surface area (Å²) in [5.41, 5.74) is 2.51. The third kappa shape index (κ3) is 4.08. The Morgan fingerprint density at radius 2 is 2.10 bits per heavy atom. The second-order valence-electron chi connectivity index (χ2n) is 8.07. The van der Waals surface area contributed by atoms with E-state index in [2.05, 4.69) is 30.5 Å². The zero-order valence-electron chi connectivity index (χ0n) is 16.4. The van der Waals surface area contributed by atoms with E-state index in [-0.39, 0.29) is 0 Å². The third-order valence-electron chi connectivity index (χ3n) is 6.03. The molecule has 8 heteroatoms. The number of hydrogen-bond donors (Lipinski definition) is 3. The van der Waals surface area contributed by atoms with Crippen molar-refractivity contribution >= 4 is 28.6 Å². The molecule has 2 aliphatic heterocycles. The van der Waals surface area contributed by atoms with Crippen LogP contribution in [0.5, 0.6) is 0 Å². The zero-order chi connectivity index (χ0) is 19.6. The summed E-state index contributed by atoms with van der Waals surface area (Å²) in [4.78, 5) is 19.3. The van der Waals surface area contributed by atoms with Gasteiger partial charge in [0.1, 0.15) is 5.65 Å². The number of rotatable bonds is 5. The second-order valence-corrected chi connectivity index (χ2v) is 8.48. The Hall–Kier alpha value is -2.22. The van der Waals surface area contributed by atoms with Crippen molar-refractivity contribution < 1.29 is 0 Å². The lowest BCUT2D eigenvalue weighted by Crippen LogP contribution is -2.36. The van der Waals surface area contributed by atoms with Crippen molar-refractivity contribution in [2.75, 3.05) is 38.0 Å². The molecule has 0 radical (unpaired) electrons. The summed E-state index contributed by atoms with van der Waals surface area (Å²) in [6, 6.07) is 4.31. The van der Waals surface area contributed by atoms with Gasteiger partial charge in [-0.25, -0.2) is 15.0 Å². The van der Waals surface area contributed by atoms with Crippen molar-refractivity contribution in [2.24, 2.45) is 5.92 Å². The highest BCUT2D eigenvalue weighted by Crippen LogP contribution is 2.32. The van der Waals surface area contributed by atoms with Crippen LogP contribution in [0.1, 0.15) is 19.3 Å². The molecule has 2 saturated heterocycles. The molecule has 29 heavy (non-hydrogen) atoms. The molecule has 0 amide bonds. The van der Waals surface area contributed by atoms with E-state index >= 15 is 0 Å². The quantitative estimate of drug-likeness (QED) is 0.598. The molecular formula is C21H26ClN7. The summed E-state index contributed by atoms with van der Waals surface area (Å²) in [5.74, 6) is 1.46. The highest BCUT2D eigenvalue weighted by Gasteiger charge is 2.26. The average molecular weight is 412 g/mol. The van der Waals surface area contributed by atoms with Crippen LogP contribution in [0.15, 0.2) is 30.7 Å². The molecule has 0 unspecified atom stereocenters. The number of nitrogens with zero attached hydrogens (tertiary/aromatic N) is 4. The van der Waals surface area contributed by atoms with Gasteiger partial charge in [0.2, 0.25) is 5.95 Å². The summed E-state index contributed by atoms with van der Waals surface area (Å²) in [5, 5.41) is 8.52. The molecule has 0 aliphatic carbocycles. The van der Waals surface area contributed by atoms with Gasteiger partial charge >= 0.3 is 0 Å². The molecule has 0 bridgehead atoms. The van der Waals surface area contributed by atoms with Crippen LogP contribution in [-0.4, -0.2) is 63.6 Å². The summed E-state index contributed by atoms with van der Waals surface area (Å²) < 4.78 is 0. The van der Waals surface area contributed by atoms with Crippen LogP contribution in [0.25, 0.3) is 22.3 Å². The number of pyridine rings is 1. The Kier molecular flexibility index (Phi) is 5.35. The van der Waals surface area contributed by atoms with Crippen LogP contribution in [0, 0.1) is 5.92 Å². The molecule has 3 aromatic rings. The number of nitrogens with one attached hydrogen (secondary N) is 3. The van der Waals surface area contributed by atoms with Crippen molar-refractivity contribution in [3.63, 3.8) is 0 Å². The zero-order valence-corrected chi connectivity index (χ0v) is 17.1. The highest BCUT2D eigenvalue weighted by molar-refractivity contribution is 6.33. The minimum atomic E-state index is 0.371. The summed E-state index contributed by atoms with van der Waals surface area (Å²) in [6.07, 6.45) is 9.06. The third-order valence-corrected chi connectivity index (χ3v) is 6.31. The molecule has 152 valence electrons. The topological polar surface area (TPSA) is 81.8 Å². The Bertz CT molecular complexity index is 982. The van der Waals surface area contributed by atoms with Crippen LogP contribution >= 0.6 is 11.6 Å². The van der Waals surface area contributed by atoms with Crippen LogP contribution in [0.3, 0.4) is 0 Å². The fraction of sp³-hybridized carbons (Fsp3) is 0.476. The van der Waals surface area contributed by atoms with Crippen LogP contribution in [0.4, 0.5) is 5.95 Å². The van der Waals surface area contributed by atoms with E-state index in [0.29, 0.717) is 17.0 Å². The number of aromatic nitrogens is 4. The monoisotopic (exact) mass is 411 g/mol. The van der Waals surface area contributed by atoms with Gasteiger partial charge in [-0.05, 0) is 50.4 Å². The van der Waals surface area contributed by atoms with Gasteiger partial charge in [-0.1, -0.05) is 11.6 Å². The lowest BCUT2D eigenvalue weighted by molar-refractivity contribution is 0.239. The Balaban J connectivity index is 1.28. The van der Waals surface area contributed by atoms with Crippen LogP contribution in [-0.2, 0) is 0 Å². The maximum absolute atomic E-state index is 6.44. The van der Waals surface area contributed by atoms with E-state index in [4.69, 9.17) is 16.6 Å². The largest absolute Gasteiger partial charge is 0.350 e. The average Bonchev–Trinajstić information content (AvgIpc) is 3.37. The van der Waals surface area contributed by atoms with Crippen molar-refractivity contribution in [1.29, 1.82) is 0 Å². The smallest absolute Gasteiger partial charge is 0.223 e. The summed E-state index contributed by atoms with van der Waals surface area (Å²) in [7, 11) is 0. The van der Waals surface area contributed by atoms with Crippen molar-refractivity contribution in [3.05, 3.63) is 35.7 Å². The molecule has 3 N–H and O–H groups in total. The first-order chi connectivity index (χ1) is 14.3. The Labute approximate surface area is 175 Å². The lowest BCUT2D eigenvalue weighted by Gasteiger charge is -2.27. The molecule has 5 rings (SSSR count). The molecule has 0 saturated carbocycles. The molecule has 1 atom stereocenters. The first kappa shape index (κ1) is 18.8. The number of H-pyrrole nitrogens is 1. The molecule has 0 aromatic carbocycles. The molecular weight excluding hydrogens is 386 g/mol. The summed E-state index contributed by atoms with van der Waals surface area (Å²) >= 11 is 6.44. The van der Waals surface area contributed by atoms with E-state index in [9.17, 15) is 0 Å². The number of fused-ring (bicyclic) bond motifs is 1. The fourth-order valence-electron chi connectivity index (χ4n) is 4.51. The van der Waals surface area contributed by atoms with E-state index in [0.717, 1.165) is 60.8 Å². The maximum Gasteiger partial charge on any atom is 0.223 e. The van der Waals surface area contributed by atoms with Gasteiger partial charge in [-0.2, -0.15) is 0 Å². The van der Waals surface area contributed by atoms with Gasteiger partial charge in [0.05, 0.1) is 16.9 Å². The second kappa shape index (κ2) is 8.26. The number of hydrogen-bond acceptors (Lipinski definition) is 6. The maximum atomic E-state index is 6.44. The van der Waals surface area contributed by atoms with E-state index in [1.165, 1.54) is 19.4 Å². The van der Waals surface area contributed by atoms with Crippen molar-refractivity contribution in [1.82, 2.24) is 30.2 Å². The lowest BCUT2D eigenvalue weighted by atomic mass is 9.98.